The Balaban J connectivity index is 1.88. The molecule has 1 heterocycles. The van der Waals surface area contributed by atoms with Gasteiger partial charge >= 0.3 is 0 Å². The lowest BCUT2D eigenvalue weighted by Crippen LogP contribution is -2.35. The van der Waals surface area contributed by atoms with Gasteiger partial charge in [-0.25, -0.2) is 0 Å². The van der Waals surface area contributed by atoms with Gasteiger partial charge in [-0.2, -0.15) is 0 Å². The molecule has 1 aromatic carbocycles. The Labute approximate surface area is 116 Å². The van der Waals surface area contributed by atoms with Crippen LogP contribution in [-0.4, -0.2) is 17.8 Å². The van der Waals surface area contributed by atoms with Gasteiger partial charge in [0.1, 0.15) is 0 Å². The summed E-state index contributed by atoms with van der Waals surface area (Å²) in [5, 5.41) is 4.33. The van der Waals surface area contributed by atoms with Gasteiger partial charge in [0.15, 0.2) is 0 Å². The van der Waals surface area contributed by atoms with E-state index < -0.39 is 0 Å². The fourth-order valence-corrected chi connectivity index (χ4v) is 4.15. The molecule has 18 heavy (non-hydrogen) atoms. The first-order chi connectivity index (χ1) is 8.46. The summed E-state index contributed by atoms with van der Waals surface area (Å²) in [6, 6.07) is 9.44. The second-order valence-electron chi connectivity index (χ2n) is 6.46. The summed E-state index contributed by atoms with van der Waals surface area (Å²) in [7, 11) is 0. The smallest absolute Gasteiger partial charge is 0.0141 e. The van der Waals surface area contributed by atoms with Crippen LogP contribution in [0.5, 0.6) is 0 Å². The fraction of sp³-hybridized carbons (Fsp3) is 0.625. The van der Waals surface area contributed by atoms with Gasteiger partial charge in [-0.15, -0.1) is 11.8 Å². The SMILES string of the molecule is CC(C)NCC(C)(C)CC1Cc2ccccc2S1. The molecule has 0 radical (unpaired) electrons. The van der Waals surface area contributed by atoms with Gasteiger partial charge in [-0.05, 0) is 29.9 Å². The standard InChI is InChI=1S/C16H25NS/c1-12(2)17-11-16(3,4)10-14-9-13-7-5-6-8-15(13)18-14/h5-8,12,14,17H,9-11H2,1-4H3. The van der Waals surface area contributed by atoms with E-state index in [4.69, 9.17) is 0 Å². The molecule has 2 heteroatoms. The van der Waals surface area contributed by atoms with Crippen molar-refractivity contribution in [2.45, 2.75) is 56.7 Å². The highest BCUT2D eigenvalue weighted by atomic mass is 32.2. The van der Waals surface area contributed by atoms with Crippen LogP contribution in [0.3, 0.4) is 0 Å². The van der Waals surface area contributed by atoms with E-state index in [0.717, 1.165) is 11.8 Å². The Morgan fingerprint density at radius 2 is 2.06 bits per heavy atom. The number of thioether (sulfide) groups is 1. The number of benzene rings is 1. The summed E-state index contributed by atoms with van der Waals surface area (Å²) in [6.45, 7) is 10.3. The third-order valence-electron chi connectivity index (χ3n) is 3.48. The van der Waals surface area contributed by atoms with E-state index in [1.807, 2.05) is 0 Å². The molecule has 1 aliphatic rings. The summed E-state index contributed by atoms with van der Waals surface area (Å²) in [5.74, 6) is 0. The van der Waals surface area contributed by atoms with Crippen molar-refractivity contribution in [3.8, 4) is 0 Å². The maximum Gasteiger partial charge on any atom is 0.0141 e. The Hall–Kier alpha value is -0.470. The van der Waals surface area contributed by atoms with Gasteiger partial charge in [0.2, 0.25) is 0 Å². The Morgan fingerprint density at radius 1 is 1.33 bits per heavy atom. The lowest BCUT2D eigenvalue weighted by atomic mass is 9.86. The van der Waals surface area contributed by atoms with Crippen LogP contribution in [0, 0.1) is 5.41 Å². The molecule has 1 nitrogen and oxygen atoms in total. The van der Waals surface area contributed by atoms with Crippen molar-refractivity contribution in [1.29, 1.82) is 0 Å². The second-order valence-corrected chi connectivity index (χ2v) is 7.80. The van der Waals surface area contributed by atoms with E-state index in [9.17, 15) is 0 Å². The maximum absolute atomic E-state index is 3.57. The van der Waals surface area contributed by atoms with Crippen LogP contribution in [0.1, 0.15) is 39.7 Å². The average Bonchev–Trinajstić information content (AvgIpc) is 2.67. The molecule has 0 bridgehead atoms. The molecule has 0 amide bonds. The molecule has 0 aliphatic carbocycles. The van der Waals surface area contributed by atoms with Gasteiger partial charge < -0.3 is 5.32 Å². The van der Waals surface area contributed by atoms with Crippen molar-refractivity contribution in [3.05, 3.63) is 29.8 Å². The Bertz CT molecular complexity index is 373. The van der Waals surface area contributed by atoms with E-state index in [1.54, 1.807) is 5.56 Å². The summed E-state index contributed by atoms with van der Waals surface area (Å²) in [5.41, 5.74) is 1.92. The van der Waals surface area contributed by atoms with Crippen molar-refractivity contribution in [3.63, 3.8) is 0 Å². The molecule has 0 spiro atoms. The number of hydrogen-bond donors (Lipinski definition) is 1. The minimum atomic E-state index is 0.379. The highest BCUT2D eigenvalue weighted by Crippen LogP contribution is 2.41. The molecule has 0 saturated carbocycles. The highest BCUT2D eigenvalue weighted by molar-refractivity contribution is 8.00. The first kappa shape index (κ1) is 14.0. The van der Waals surface area contributed by atoms with Crippen LogP contribution in [-0.2, 0) is 6.42 Å². The molecule has 0 aromatic heterocycles. The molecule has 1 aliphatic heterocycles. The van der Waals surface area contributed by atoms with E-state index >= 15 is 0 Å². The first-order valence-electron chi connectivity index (χ1n) is 6.94. The summed E-state index contributed by atoms with van der Waals surface area (Å²) >= 11 is 2.07. The van der Waals surface area contributed by atoms with Crippen LogP contribution in [0.4, 0.5) is 0 Å². The normalized spacial score (nSPS) is 19.3. The molecular formula is C16H25NS. The van der Waals surface area contributed by atoms with Crippen molar-refractivity contribution < 1.29 is 0 Å². The zero-order chi connectivity index (χ0) is 13.2. The molecule has 0 saturated heterocycles. The fourth-order valence-electron chi connectivity index (χ4n) is 2.54. The van der Waals surface area contributed by atoms with Crippen molar-refractivity contribution in [1.82, 2.24) is 5.32 Å². The highest BCUT2D eigenvalue weighted by Gasteiger charge is 2.28. The summed E-state index contributed by atoms with van der Waals surface area (Å²) in [4.78, 5) is 1.50. The van der Waals surface area contributed by atoms with Gasteiger partial charge in [0.05, 0.1) is 0 Å². The van der Waals surface area contributed by atoms with Gasteiger partial charge in [0.25, 0.3) is 0 Å². The quantitative estimate of drug-likeness (QED) is 0.857. The molecule has 1 N–H and O–H groups in total. The maximum atomic E-state index is 3.57. The predicted molar refractivity (Wildman–Crippen MR) is 81.3 cm³/mol. The number of rotatable bonds is 5. The number of hydrogen-bond acceptors (Lipinski definition) is 2. The van der Waals surface area contributed by atoms with Crippen LogP contribution in [0.15, 0.2) is 29.2 Å². The molecule has 2 rings (SSSR count). The van der Waals surface area contributed by atoms with Crippen molar-refractivity contribution >= 4 is 11.8 Å². The lowest BCUT2D eigenvalue weighted by Gasteiger charge is -2.29. The first-order valence-corrected chi connectivity index (χ1v) is 7.82. The van der Waals surface area contributed by atoms with E-state index in [2.05, 4.69) is 69.0 Å². The van der Waals surface area contributed by atoms with Crippen LogP contribution in [0.2, 0.25) is 0 Å². The monoisotopic (exact) mass is 263 g/mol. The summed E-state index contributed by atoms with van der Waals surface area (Å²) < 4.78 is 0. The number of fused-ring (bicyclic) bond motifs is 1. The Kier molecular flexibility index (Phi) is 4.39. The van der Waals surface area contributed by atoms with Crippen LogP contribution < -0.4 is 5.32 Å². The molecule has 1 unspecified atom stereocenters. The zero-order valence-electron chi connectivity index (χ0n) is 12.0. The van der Waals surface area contributed by atoms with E-state index in [-0.39, 0.29) is 0 Å². The third kappa shape index (κ3) is 3.76. The minimum Gasteiger partial charge on any atom is -0.314 e. The lowest BCUT2D eigenvalue weighted by molar-refractivity contribution is 0.301. The zero-order valence-corrected chi connectivity index (χ0v) is 12.8. The largest absolute Gasteiger partial charge is 0.314 e. The van der Waals surface area contributed by atoms with Gasteiger partial charge in [0, 0.05) is 22.7 Å². The van der Waals surface area contributed by atoms with Crippen molar-refractivity contribution in [2.24, 2.45) is 5.41 Å². The molecule has 1 atom stereocenters. The second kappa shape index (κ2) is 5.66. The van der Waals surface area contributed by atoms with Gasteiger partial charge in [-0.1, -0.05) is 45.9 Å². The number of nitrogens with one attached hydrogen (secondary N) is 1. The third-order valence-corrected chi connectivity index (χ3v) is 4.80. The molecule has 1 aromatic rings. The van der Waals surface area contributed by atoms with Crippen LogP contribution in [0.25, 0.3) is 0 Å². The predicted octanol–water partition coefficient (Wildman–Crippen LogP) is 4.12. The average molecular weight is 263 g/mol. The van der Waals surface area contributed by atoms with Crippen LogP contribution >= 0.6 is 11.8 Å². The molecule has 100 valence electrons. The minimum absolute atomic E-state index is 0.379. The molecular weight excluding hydrogens is 238 g/mol. The Morgan fingerprint density at radius 3 is 2.72 bits per heavy atom. The van der Waals surface area contributed by atoms with E-state index in [1.165, 1.54) is 17.7 Å². The topological polar surface area (TPSA) is 12.0 Å². The van der Waals surface area contributed by atoms with Crippen molar-refractivity contribution in [2.75, 3.05) is 6.54 Å². The van der Waals surface area contributed by atoms with E-state index in [0.29, 0.717) is 11.5 Å². The van der Waals surface area contributed by atoms with Gasteiger partial charge in [-0.3, -0.25) is 0 Å². The molecule has 0 fully saturated rings. The summed E-state index contributed by atoms with van der Waals surface area (Å²) in [6.07, 6.45) is 2.53.